The Morgan fingerprint density at radius 3 is 1.89 bits per heavy atom. The fourth-order valence-corrected chi connectivity index (χ4v) is 5.85. The Morgan fingerprint density at radius 1 is 0.702 bits per heavy atom. The van der Waals surface area contributed by atoms with E-state index in [1.807, 2.05) is 30.3 Å². The maximum absolute atomic E-state index is 12.4. The standard InChI is InChI=1S/C31H28N6O8S2/c1-32-46(39,40)23-12-9-21(10-13-23)34-35-25-17-28(45-3)26(18-27(25)44-2)36-37-30-29(47(41,42)43)16-19-15-22(11-14-24(19)31(30)38)33-20-7-5-4-6-8-20/h4-18,32-33,38H,1-3H3,(H,41,42,43). The summed E-state index contributed by atoms with van der Waals surface area (Å²) in [5.41, 5.74) is 1.58. The van der Waals surface area contributed by atoms with Gasteiger partial charge in [-0.1, -0.05) is 18.2 Å². The minimum absolute atomic E-state index is 0.0623. The van der Waals surface area contributed by atoms with Crippen LogP contribution in [-0.2, 0) is 20.1 Å². The number of azo groups is 2. The second-order valence-corrected chi connectivity index (χ2v) is 13.0. The molecule has 0 atom stereocenters. The van der Waals surface area contributed by atoms with Gasteiger partial charge in [-0.2, -0.15) is 13.5 Å². The van der Waals surface area contributed by atoms with E-state index in [1.165, 1.54) is 63.7 Å². The lowest BCUT2D eigenvalue weighted by Gasteiger charge is -2.12. The number of sulfonamides is 1. The summed E-state index contributed by atoms with van der Waals surface area (Å²) in [7, 11) is -4.42. The number of phenols is 1. The van der Waals surface area contributed by atoms with Crippen LogP contribution in [0.4, 0.5) is 34.1 Å². The molecule has 0 spiro atoms. The van der Waals surface area contributed by atoms with E-state index >= 15 is 0 Å². The average Bonchev–Trinajstić information content (AvgIpc) is 3.06. The number of methoxy groups -OCH3 is 2. The number of para-hydroxylation sites is 1. The third-order valence-corrected chi connectivity index (χ3v) is 9.12. The average molecular weight is 677 g/mol. The molecule has 0 fully saturated rings. The van der Waals surface area contributed by atoms with Crippen molar-refractivity contribution in [3.63, 3.8) is 0 Å². The largest absolute Gasteiger partial charge is 0.505 e. The number of phenolic OH excluding ortho intramolecular Hbond substituents is 1. The van der Waals surface area contributed by atoms with Crippen molar-refractivity contribution in [1.82, 2.24) is 4.72 Å². The van der Waals surface area contributed by atoms with Gasteiger partial charge in [-0.15, -0.1) is 15.3 Å². The molecule has 0 aromatic heterocycles. The number of fused-ring (bicyclic) bond motifs is 1. The van der Waals surface area contributed by atoms with E-state index in [-0.39, 0.29) is 33.2 Å². The molecule has 0 radical (unpaired) electrons. The Labute approximate surface area is 270 Å². The SMILES string of the molecule is CNS(=O)(=O)c1ccc(N=Nc2cc(OC)c(N=Nc3c(S(=O)(=O)O)cc4cc(Nc5ccccc5)ccc4c3O)cc2OC)cc1. The molecule has 242 valence electrons. The van der Waals surface area contributed by atoms with Crippen molar-refractivity contribution in [2.24, 2.45) is 20.5 Å². The highest BCUT2D eigenvalue weighted by atomic mass is 32.2. The molecule has 14 nitrogen and oxygen atoms in total. The lowest BCUT2D eigenvalue weighted by Crippen LogP contribution is -2.18. The zero-order valence-electron chi connectivity index (χ0n) is 25.1. The normalized spacial score (nSPS) is 12.2. The lowest BCUT2D eigenvalue weighted by molar-refractivity contribution is 0.405. The smallest absolute Gasteiger partial charge is 0.296 e. The second kappa shape index (κ2) is 13.5. The molecule has 5 aromatic carbocycles. The molecule has 0 heterocycles. The van der Waals surface area contributed by atoms with E-state index in [2.05, 4.69) is 30.5 Å². The van der Waals surface area contributed by atoms with E-state index < -0.39 is 36.5 Å². The summed E-state index contributed by atoms with van der Waals surface area (Å²) in [6, 6.07) is 24.0. The fraction of sp³-hybridized carbons (Fsp3) is 0.0968. The molecule has 0 bridgehead atoms. The molecule has 0 aliphatic heterocycles. The number of nitrogens with zero attached hydrogens (tertiary/aromatic N) is 4. The zero-order chi connectivity index (χ0) is 33.8. The van der Waals surface area contributed by atoms with Crippen molar-refractivity contribution in [2.45, 2.75) is 9.79 Å². The topological polar surface area (TPSA) is 201 Å². The van der Waals surface area contributed by atoms with E-state index in [4.69, 9.17) is 9.47 Å². The van der Waals surface area contributed by atoms with Crippen molar-refractivity contribution >= 4 is 65.0 Å². The fourth-order valence-electron chi connectivity index (χ4n) is 4.46. The molecule has 0 saturated heterocycles. The molecule has 5 rings (SSSR count). The first-order valence-corrected chi connectivity index (χ1v) is 16.6. The van der Waals surface area contributed by atoms with Gasteiger partial charge in [0.15, 0.2) is 5.75 Å². The number of ether oxygens (including phenoxy) is 2. The van der Waals surface area contributed by atoms with Gasteiger partial charge in [0.05, 0.1) is 24.8 Å². The highest BCUT2D eigenvalue weighted by Gasteiger charge is 2.23. The van der Waals surface area contributed by atoms with Crippen LogP contribution in [0.25, 0.3) is 10.8 Å². The monoisotopic (exact) mass is 676 g/mol. The number of nitrogens with one attached hydrogen (secondary N) is 2. The summed E-state index contributed by atoms with van der Waals surface area (Å²) in [6.07, 6.45) is 0. The molecule has 16 heteroatoms. The van der Waals surface area contributed by atoms with E-state index in [0.717, 1.165) is 5.69 Å². The van der Waals surface area contributed by atoms with Crippen LogP contribution >= 0.6 is 0 Å². The highest BCUT2D eigenvalue weighted by Crippen LogP contribution is 2.45. The van der Waals surface area contributed by atoms with Crippen LogP contribution in [0.1, 0.15) is 0 Å². The Bertz CT molecular complexity index is 2230. The molecule has 4 N–H and O–H groups in total. The molecule has 0 unspecified atom stereocenters. The molecule has 0 aliphatic carbocycles. The Balaban J connectivity index is 1.50. The summed E-state index contributed by atoms with van der Waals surface area (Å²) >= 11 is 0. The summed E-state index contributed by atoms with van der Waals surface area (Å²) in [6.45, 7) is 0. The van der Waals surface area contributed by atoms with Crippen molar-refractivity contribution in [2.75, 3.05) is 26.6 Å². The van der Waals surface area contributed by atoms with Crippen LogP contribution in [-0.4, -0.2) is 47.8 Å². The van der Waals surface area contributed by atoms with Crippen LogP contribution in [0.5, 0.6) is 17.2 Å². The molecule has 0 amide bonds. The molecule has 0 saturated carbocycles. The first-order valence-electron chi connectivity index (χ1n) is 13.7. The van der Waals surface area contributed by atoms with Crippen LogP contribution in [0.15, 0.2) is 121 Å². The summed E-state index contributed by atoms with van der Waals surface area (Å²) in [5.74, 6) is -0.187. The van der Waals surface area contributed by atoms with Crippen LogP contribution < -0.4 is 19.5 Å². The molecule has 0 aliphatic rings. The first-order chi connectivity index (χ1) is 22.4. The van der Waals surface area contributed by atoms with Gasteiger partial charge in [0, 0.05) is 28.9 Å². The predicted octanol–water partition coefficient (Wildman–Crippen LogP) is 7.29. The Kier molecular flexibility index (Phi) is 9.48. The number of anilines is 2. The summed E-state index contributed by atoms with van der Waals surface area (Å²) in [4.78, 5) is -0.597. The zero-order valence-corrected chi connectivity index (χ0v) is 26.7. The van der Waals surface area contributed by atoms with E-state index in [9.17, 15) is 26.5 Å². The number of aromatic hydroxyl groups is 1. The van der Waals surface area contributed by atoms with Crippen molar-refractivity contribution in [1.29, 1.82) is 0 Å². The third kappa shape index (κ3) is 7.36. The van der Waals surface area contributed by atoms with Gasteiger partial charge in [-0.25, -0.2) is 13.1 Å². The van der Waals surface area contributed by atoms with Gasteiger partial charge in [0.2, 0.25) is 10.0 Å². The lowest BCUT2D eigenvalue weighted by atomic mass is 10.1. The van der Waals surface area contributed by atoms with Crippen molar-refractivity contribution < 1.29 is 36.0 Å². The van der Waals surface area contributed by atoms with Gasteiger partial charge in [-0.3, -0.25) is 4.55 Å². The highest BCUT2D eigenvalue weighted by molar-refractivity contribution is 7.89. The summed E-state index contributed by atoms with van der Waals surface area (Å²) in [5, 5.41) is 31.3. The number of rotatable bonds is 11. The molecule has 47 heavy (non-hydrogen) atoms. The number of hydrogen-bond donors (Lipinski definition) is 4. The Morgan fingerprint density at radius 2 is 1.32 bits per heavy atom. The van der Waals surface area contributed by atoms with E-state index in [1.54, 1.807) is 18.2 Å². The van der Waals surface area contributed by atoms with Gasteiger partial charge < -0.3 is 19.9 Å². The maximum Gasteiger partial charge on any atom is 0.296 e. The minimum Gasteiger partial charge on any atom is -0.505 e. The number of hydrogen-bond acceptors (Lipinski definition) is 12. The second-order valence-electron chi connectivity index (χ2n) is 9.77. The van der Waals surface area contributed by atoms with Crippen LogP contribution in [0.3, 0.4) is 0 Å². The van der Waals surface area contributed by atoms with Crippen molar-refractivity contribution in [3.8, 4) is 17.2 Å². The van der Waals surface area contributed by atoms with E-state index in [0.29, 0.717) is 16.8 Å². The van der Waals surface area contributed by atoms with Gasteiger partial charge in [0.25, 0.3) is 10.1 Å². The number of benzene rings is 5. The quantitative estimate of drug-likeness (QED) is 0.0818. The van der Waals surface area contributed by atoms with Gasteiger partial charge in [0.1, 0.15) is 33.5 Å². The van der Waals surface area contributed by atoms with Crippen LogP contribution in [0, 0.1) is 0 Å². The molecular formula is C31H28N6O8S2. The minimum atomic E-state index is -4.86. The summed E-state index contributed by atoms with van der Waals surface area (Å²) < 4.78 is 71.9. The molecule has 5 aromatic rings. The van der Waals surface area contributed by atoms with Crippen LogP contribution in [0.2, 0.25) is 0 Å². The maximum atomic E-state index is 12.4. The Hall–Kier alpha value is -5.42. The third-order valence-electron chi connectivity index (χ3n) is 6.82. The van der Waals surface area contributed by atoms with Crippen molar-refractivity contribution in [3.05, 3.63) is 91.0 Å². The van der Waals surface area contributed by atoms with Gasteiger partial charge in [-0.05, 0) is 73.1 Å². The first kappa shape index (κ1) is 33.0. The van der Waals surface area contributed by atoms with Gasteiger partial charge >= 0.3 is 0 Å². The predicted molar refractivity (Wildman–Crippen MR) is 176 cm³/mol. The molecular weight excluding hydrogens is 649 g/mol.